The van der Waals surface area contributed by atoms with E-state index in [1.807, 2.05) is 324 Å². The van der Waals surface area contributed by atoms with Crippen LogP contribution in [0, 0.1) is 13.8 Å². The van der Waals surface area contributed by atoms with Crippen LogP contribution in [0.3, 0.4) is 0 Å². The Bertz CT molecular complexity index is 5730. The summed E-state index contributed by atoms with van der Waals surface area (Å²) in [6, 6.07) is 121. The van der Waals surface area contributed by atoms with Crippen molar-refractivity contribution in [3.8, 4) is 0 Å². The van der Waals surface area contributed by atoms with E-state index in [1.54, 1.807) is 146 Å². The van der Waals surface area contributed by atoms with Crippen LogP contribution in [0.25, 0.3) is 43.1 Å². The first-order valence-electron chi connectivity index (χ1n) is 39.0. The molecule has 0 aliphatic heterocycles. The Morgan fingerprint density at radius 3 is 0.733 bits per heavy atom. The number of ketones is 7. The largest absolute Gasteiger partial charge is 0.289 e. The minimum Gasteiger partial charge on any atom is -0.289 e. The van der Waals surface area contributed by atoms with Gasteiger partial charge in [-0.05, 0) is 53.1 Å². The zero-order valence-electron chi connectivity index (χ0n) is 67.3. The highest BCUT2D eigenvalue weighted by Gasteiger charge is 2.18. The maximum absolute atomic E-state index is 12.5. The van der Waals surface area contributed by atoms with Crippen LogP contribution >= 0.6 is 0 Å². The molecule has 0 saturated heterocycles. The molecular formula is C107H96O9. The van der Waals surface area contributed by atoms with Crippen LogP contribution in [0.2, 0.25) is 0 Å². The number of benzene rings is 14. The molecule has 0 aromatic heterocycles. The summed E-state index contributed by atoms with van der Waals surface area (Å²) in [6.45, 7) is 20.0. The summed E-state index contributed by atoms with van der Waals surface area (Å²) in [5, 5.41) is 7.19. The quantitative estimate of drug-likeness (QED) is 0.0810. The standard InChI is InChI=1S/2C20H14O2.2C16H12O.C14H10O2.C13H10O.4C2H6/c21-19(15-8-3-1-4-9-15)17-12-7-13-18(14-17)20(22)16-10-5-2-6-11-16;21-19(15-7-3-1-4-8-15)17-11-13-18(14-12-17)20(22)16-9-5-2-6-10-16;1-11-5-4-7-13-10-9-12-6-2-3-8-14(12)16(17)15(11)13;1-11-6-7-13-9-8-12-4-2-3-5-14(12)16(17)15(13)10-11;15-13(11-7-3-1-4-8-11)14(16)12-9-5-2-6-10-12;14-13(11-7-3-1-4-8-11)12-9-5-2-6-10-12;4*1-2/h2*1-14H;2*2-10H,1H3;1-10H;1-10H;4*1-2H3. The van der Waals surface area contributed by atoms with Crippen LogP contribution in [-0.2, 0) is 0 Å². The van der Waals surface area contributed by atoms with Gasteiger partial charge in [-0.25, -0.2) is 0 Å². The summed E-state index contributed by atoms with van der Waals surface area (Å²) in [5.74, 6) is -1.10. The Kier molecular flexibility index (Phi) is 36.5. The van der Waals surface area contributed by atoms with Crippen LogP contribution in [0.1, 0.15) is 167 Å². The minimum absolute atomic E-state index is 0.0423. The number of hydrogen-bond donors (Lipinski definition) is 0. The molecule has 0 N–H and O–H groups in total. The number of Topliss-reactive ketones (excluding diaryl/α,β-unsaturated/α-hetero) is 2. The van der Waals surface area contributed by atoms with Gasteiger partial charge < -0.3 is 0 Å². The van der Waals surface area contributed by atoms with E-state index < -0.39 is 11.6 Å². The van der Waals surface area contributed by atoms with Crippen LogP contribution in [0.5, 0.6) is 0 Å². The maximum Gasteiger partial charge on any atom is 0.233 e. The average Bonchev–Trinajstić information content (AvgIpc) is 1.57. The van der Waals surface area contributed by atoms with Gasteiger partial charge in [-0.15, -0.1) is 0 Å². The van der Waals surface area contributed by atoms with Gasteiger partial charge in [0.05, 0.1) is 0 Å². The molecule has 16 rings (SSSR count). The van der Waals surface area contributed by atoms with Crippen LogP contribution < -0.4 is 10.9 Å². The summed E-state index contributed by atoms with van der Waals surface area (Å²) in [7, 11) is 0. The summed E-state index contributed by atoms with van der Waals surface area (Å²) < 4.78 is 0. The van der Waals surface area contributed by atoms with Gasteiger partial charge in [0.1, 0.15) is 0 Å². The lowest BCUT2D eigenvalue weighted by Gasteiger charge is -2.05. The number of carbonyl (C=O) groups excluding carboxylic acids is 7. The molecule has 16 aromatic rings. The number of fused-ring (bicyclic) bond motifs is 4. The zero-order chi connectivity index (χ0) is 83.6. The lowest BCUT2D eigenvalue weighted by atomic mass is 9.97. The van der Waals surface area contributed by atoms with Gasteiger partial charge in [-0.1, -0.05) is 449 Å². The third kappa shape index (κ3) is 25.0. The van der Waals surface area contributed by atoms with E-state index in [1.165, 1.54) is 0 Å². The van der Waals surface area contributed by atoms with Crippen LogP contribution in [-0.4, -0.2) is 40.5 Å². The molecule has 16 aromatic carbocycles. The molecule has 0 amide bonds. The number of aryl methyl sites for hydroxylation is 2. The smallest absolute Gasteiger partial charge is 0.233 e. The monoisotopic (exact) mass is 1520 g/mol. The first kappa shape index (κ1) is 88.8. The minimum atomic E-state index is -0.466. The lowest BCUT2D eigenvalue weighted by Crippen LogP contribution is -2.14. The van der Waals surface area contributed by atoms with Gasteiger partial charge in [0.25, 0.3) is 0 Å². The molecule has 0 heterocycles. The van der Waals surface area contributed by atoms with Gasteiger partial charge in [0.15, 0.2) is 39.8 Å². The molecule has 0 bridgehead atoms. The Labute approximate surface area is 681 Å². The lowest BCUT2D eigenvalue weighted by molar-refractivity contribution is 0.0817. The van der Waals surface area contributed by atoms with Crippen molar-refractivity contribution in [2.45, 2.75) is 69.2 Å². The highest BCUT2D eigenvalue weighted by atomic mass is 16.2. The molecule has 0 aliphatic rings. The summed E-state index contributed by atoms with van der Waals surface area (Å²) in [5.41, 5.74) is 9.44. The fraction of sp³-hybridized carbons (Fsp3) is 0.0935. The molecule has 0 atom stereocenters. The Balaban J connectivity index is 0.000000190. The first-order chi connectivity index (χ1) is 56.7. The zero-order valence-corrected chi connectivity index (χ0v) is 67.3. The normalized spacial score (nSPS) is 9.78. The van der Waals surface area contributed by atoms with Gasteiger partial charge in [0.2, 0.25) is 11.6 Å². The number of hydrogen-bond acceptors (Lipinski definition) is 9. The van der Waals surface area contributed by atoms with E-state index in [0.717, 1.165) is 65.3 Å². The van der Waals surface area contributed by atoms with E-state index in [9.17, 15) is 43.2 Å². The first-order valence-corrected chi connectivity index (χ1v) is 39.0. The molecule has 0 spiro atoms. The van der Waals surface area contributed by atoms with E-state index in [0.29, 0.717) is 55.6 Å². The van der Waals surface area contributed by atoms with Gasteiger partial charge in [-0.2, -0.15) is 0 Å². The molecule has 116 heavy (non-hydrogen) atoms. The Hall–Kier alpha value is -14.4. The molecule has 9 nitrogen and oxygen atoms in total. The third-order valence-electron chi connectivity index (χ3n) is 17.6. The maximum atomic E-state index is 12.5. The van der Waals surface area contributed by atoms with Crippen molar-refractivity contribution < 1.29 is 33.6 Å². The predicted octanol–water partition coefficient (Wildman–Crippen LogP) is 25.4. The third-order valence-corrected chi connectivity index (χ3v) is 17.6. The van der Waals surface area contributed by atoms with Crippen molar-refractivity contribution in [1.82, 2.24) is 0 Å². The van der Waals surface area contributed by atoms with E-state index >= 15 is 0 Å². The topological polar surface area (TPSA) is 154 Å². The predicted molar refractivity (Wildman–Crippen MR) is 481 cm³/mol. The van der Waals surface area contributed by atoms with Crippen molar-refractivity contribution in [2.24, 2.45) is 0 Å². The van der Waals surface area contributed by atoms with Crippen molar-refractivity contribution in [1.29, 1.82) is 0 Å². The van der Waals surface area contributed by atoms with Crippen molar-refractivity contribution in [3.63, 3.8) is 0 Å². The van der Waals surface area contributed by atoms with E-state index in [-0.39, 0.29) is 39.8 Å². The molecule has 578 valence electrons. The highest BCUT2D eigenvalue weighted by molar-refractivity contribution is 6.49. The van der Waals surface area contributed by atoms with Crippen LogP contribution in [0.4, 0.5) is 0 Å². The van der Waals surface area contributed by atoms with Gasteiger partial charge >= 0.3 is 0 Å². The summed E-state index contributed by atoms with van der Waals surface area (Å²) in [6.07, 6.45) is 0. The van der Waals surface area contributed by atoms with Crippen molar-refractivity contribution in [2.75, 3.05) is 0 Å². The summed E-state index contributed by atoms with van der Waals surface area (Å²) in [4.78, 5) is 110. The average molecular weight is 1530 g/mol. The fourth-order valence-electron chi connectivity index (χ4n) is 11.9. The second kappa shape index (κ2) is 47.7. The molecular weight excluding hydrogens is 1430 g/mol. The molecule has 0 aliphatic carbocycles. The number of rotatable bonds is 13. The van der Waals surface area contributed by atoms with Gasteiger partial charge in [0, 0.05) is 88.3 Å². The van der Waals surface area contributed by atoms with E-state index in [4.69, 9.17) is 0 Å². The number of carbonyl (C=O) groups is 7. The Morgan fingerprint density at radius 1 is 0.181 bits per heavy atom. The van der Waals surface area contributed by atoms with E-state index in [2.05, 4.69) is 0 Å². The Morgan fingerprint density at radius 2 is 0.405 bits per heavy atom. The molecule has 0 saturated carbocycles. The van der Waals surface area contributed by atoms with Crippen LogP contribution in [0.15, 0.2) is 410 Å². The highest BCUT2D eigenvalue weighted by Crippen LogP contribution is 2.22. The SMILES string of the molecule is CC.CC.CC.CC.Cc1ccc2ccc3ccccc3c(=O)c2c1.Cc1cccc2ccc3ccccc3c(=O)c12.O=C(C(=O)c1ccccc1)c1ccccc1.O=C(c1ccccc1)c1ccc(C(=O)c2ccccc2)cc1.O=C(c1ccccc1)c1cccc(C(=O)c2ccccc2)c1.O=C(c1ccccc1)c1ccccc1. The molecule has 0 radical (unpaired) electrons. The fourth-order valence-corrected chi connectivity index (χ4v) is 11.9. The summed E-state index contributed by atoms with van der Waals surface area (Å²) >= 11 is 0. The molecule has 9 heteroatoms. The van der Waals surface area contributed by atoms with Crippen molar-refractivity contribution in [3.05, 3.63) is 499 Å². The second-order valence-corrected chi connectivity index (χ2v) is 25.0. The second-order valence-electron chi connectivity index (χ2n) is 25.0. The van der Waals surface area contributed by atoms with Gasteiger partial charge in [-0.3, -0.25) is 43.2 Å². The molecule has 0 unspecified atom stereocenters. The molecule has 0 fully saturated rings. The van der Waals surface area contributed by atoms with Crippen molar-refractivity contribution >= 4 is 83.6 Å².